The summed E-state index contributed by atoms with van der Waals surface area (Å²) in [4.78, 5) is 17.1. The molecule has 9 heteroatoms. The van der Waals surface area contributed by atoms with Crippen molar-refractivity contribution in [2.45, 2.75) is 32.4 Å². The van der Waals surface area contributed by atoms with Gasteiger partial charge in [-0.1, -0.05) is 18.2 Å². The summed E-state index contributed by atoms with van der Waals surface area (Å²) in [6.07, 6.45) is 5.63. The molecule has 5 rings (SSSR count). The molecule has 1 fully saturated rings. The third-order valence-corrected chi connectivity index (χ3v) is 5.39. The number of tetrazole rings is 1. The monoisotopic (exact) mass is 456 g/mol. The van der Waals surface area contributed by atoms with Gasteiger partial charge in [-0.05, 0) is 66.6 Å². The highest BCUT2D eigenvalue weighted by atomic mass is 16.5. The average molecular weight is 457 g/mol. The van der Waals surface area contributed by atoms with E-state index in [1.807, 2.05) is 48.0 Å². The fraction of sp³-hybridized carbons (Fsp3) is 0.240. The van der Waals surface area contributed by atoms with Crippen LogP contribution < -0.4 is 14.8 Å². The molecule has 9 nitrogen and oxygen atoms in total. The van der Waals surface area contributed by atoms with E-state index in [2.05, 4.69) is 25.8 Å². The number of amides is 1. The van der Waals surface area contributed by atoms with E-state index >= 15 is 0 Å². The quantitative estimate of drug-likeness (QED) is 0.400. The van der Waals surface area contributed by atoms with Crippen LogP contribution in [0.25, 0.3) is 11.4 Å². The highest BCUT2D eigenvalue weighted by Gasteiger charge is 2.28. The molecular formula is C25H24N6O3. The minimum atomic E-state index is -0.251. The number of ether oxygens (including phenoxy) is 2. The minimum absolute atomic E-state index is 0.251. The van der Waals surface area contributed by atoms with Crippen LogP contribution in [0.2, 0.25) is 0 Å². The molecule has 0 aliphatic heterocycles. The molecular weight excluding hydrogens is 432 g/mol. The number of carbonyl (C=O) groups is 1. The van der Waals surface area contributed by atoms with Crippen LogP contribution in [0.1, 0.15) is 41.7 Å². The van der Waals surface area contributed by atoms with Gasteiger partial charge in [-0.25, -0.2) is 4.68 Å². The van der Waals surface area contributed by atoms with Gasteiger partial charge in [0, 0.05) is 34.8 Å². The van der Waals surface area contributed by atoms with E-state index < -0.39 is 0 Å². The molecule has 2 aromatic carbocycles. The number of nitrogens with zero attached hydrogens (tertiary/aromatic N) is 5. The van der Waals surface area contributed by atoms with Crippen LogP contribution in [0.15, 0.2) is 67.0 Å². The van der Waals surface area contributed by atoms with Crippen LogP contribution in [-0.4, -0.2) is 37.7 Å². The van der Waals surface area contributed by atoms with E-state index in [1.165, 1.54) is 0 Å². The van der Waals surface area contributed by atoms with Crippen molar-refractivity contribution in [3.8, 4) is 22.9 Å². The van der Waals surface area contributed by atoms with Gasteiger partial charge in [0.2, 0.25) is 0 Å². The normalized spacial score (nSPS) is 12.9. The highest BCUT2D eigenvalue weighted by molar-refractivity contribution is 6.04. The Labute approximate surface area is 196 Å². The molecule has 0 radical (unpaired) electrons. The van der Waals surface area contributed by atoms with Gasteiger partial charge in [-0.2, -0.15) is 0 Å². The zero-order valence-electron chi connectivity index (χ0n) is 18.7. The molecule has 34 heavy (non-hydrogen) atoms. The maximum Gasteiger partial charge on any atom is 0.255 e. The molecule has 4 aromatic rings. The Bertz CT molecular complexity index is 1290. The lowest BCUT2D eigenvalue weighted by Crippen LogP contribution is -2.12. The van der Waals surface area contributed by atoms with Crippen LogP contribution in [0.4, 0.5) is 5.69 Å². The first kappa shape index (κ1) is 21.6. The van der Waals surface area contributed by atoms with E-state index in [1.54, 1.807) is 30.6 Å². The van der Waals surface area contributed by atoms with Crippen LogP contribution in [-0.2, 0) is 6.61 Å². The van der Waals surface area contributed by atoms with Gasteiger partial charge in [0.15, 0.2) is 17.3 Å². The average Bonchev–Trinajstić information content (AvgIpc) is 3.60. The van der Waals surface area contributed by atoms with Gasteiger partial charge in [0.05, 0.1) is 12.6 Å². The Morgan fingerprint density at radius 2 is 2.00 bits per heavy atom. The van der Waals surface area contributed by atoms with Gasteiger partial charge >= 0.3 is 0 Å². The molecule has 1 aliphatic rings. The molecule has 172 valence electrons. The standard InChI is InChI=1S/C25H24N6O3/c1-2-33-23-14-19(8-11-22(23)34-16-17-5-4-12-26-15-17)25(32)27-20-7-3-6-18(13-20)24-28-29-30-31(24)21-9-10-21/h3-8,11-15,21H,2,9-10,16H2,1H3,(H,27,32). The summed E-state index contributed by atoms with van der Waals surface area (Å²) in [5.41, 5.74) is 2.91. The summed E-state index contributed by atoms with van der Waals surface area (Å²) >= 11 is 0. The summed E-state index contributed by atoms with van der Waals surface area (Å²) in [6, 6.07) is 16.8. The van der Waals surface area contributed by atoms with E-state index in [4.69, 9.17) is 9.47 Å². The maximum atomic E-state index is 13.0. The van der Waals surface area contributed by atoms with E-state index in [-0.39, 0.29) is 5.91 Å². The largest absolute Gasteiger partial charge is 0.490 e. The predicted molar refractivity (Wildman–Crippen MR) is 126 cm³/mol. The molecule has 0 unspecified atom stereocenters. The number of aromatic nitrogens is 5. The molecule has 0 atom stereocenters. The number of hydrogen-bond donors (Lipinski definition) is 1. The van der Waals surface area contributed by atoms with E-state index in [0.29, 0.717) is 47.8 Å². The van der Waals surface area contributed by atoms with Gasteiger partial charge in [-0.3, -0.25) is 9.78 Å². The topological polar surface area (TPSA) is 104 Å². The number of benzene rings is 2. The zero-order valence-corrected chi connectivity index (χ0v) is 18.7. The van der Waals surface area contributed by atoms with Crippen molar-refractivity contribution in [1.82, 2.24) is 25.2 Å². The molecule has 2 aromatic heterocycles. The fourth-order valence-corrected chi connectivity index (χ4v) is 3.57. The smallest absolute Gasteiger partial charge is 0.255 e. The SMILES string of the molecule is CCOc1cc(C(=O)Nc2cccc(-c3nnnn3C3CC3)c2)ccc1OCc1cccnc1. The van der Waals surface area contributed by atoms with Gasteiger partial charge in [-0.15, -0.1) is 5.10 Å². The predicted octanol–water partition coefficient (Wildman–Crippen LogP) is 4.30. The number of carbonyl (C=O) groups excluding carboxylic acids is 1. The van der Waals surface area contributed by atoms with Crippen LogP contribution in [0, 0.1) is 0 Å². The van der Waals surface area contributed by atoms with Crippen molar-refractivity contribution >= 4 is 11.6 Å². The van der Waals surface area contributed by atoms with Crippen molar-refractivity contribution in [2.24, 2.45) is 0 Å². The molecule has 0 spiro atoms. The van der Waals surface area contributed by atoms with Crippen LogP contribution in [0.5, 0.6) is 11.5 Å². The Hall–Kier alpha value is -4.27. The lowest BCUT2D eigenvalue weighted by molar-refractivity contribution is 0.102. The van der Waals surface area contributed by atoms with Crippen molar-refractivity contribution in [2.75, 3.05) is 11.9 Å². The molecule has 1 N–H and O–H groups in total. The molecule has 0 saturated heterocycles. The second kappa shape index (κ2) is 9.70. The van der Waals surface area contributed by atoms with Gasteiger partial charge < -0.3 is 14.8 Å². The first-order valence-corrected chi connectivity index (χ1v) is 11.2. The highest BCUT2D eigenvalue weighted by Crippen LogP contribution is 2.37. The second-order valence-electron chi connectivity index (χ2n) is 7.96. The first-order valence-electron chi connectivity index (χ1n) is 11.2. The number of rotatable bonds is 9. The van der Waals surface area contributed by atoms with Gasteiger partial charge in [0.25, 0.3) is 5.91 Å². The van der Waals surface area contributed by atoms with Crippen LogP contribution in [0.3, 0.4) is 0 Å². The molecule has 0 bridgehead atoms. The molecule has 1 amide bonds. The Balaban J connectivity index is 1.31. The third-order valence-electron chi connectivity index (χ3n) is 5.39. The van der Waals surface area contributed by atoms with Crippen molar-refractivity contribution in [3.63, 3.8) is 0 Å². The van der Waals surface area contributed by atoms with E-state index in [0.717, 1.165) is 24.0 Å². The summed E-state index contributed by atoms with van der Waals surface area (Å²) < 4.78 is 13.5. The van der Waals surface area contributed by atoms with Crippen molar-refractivity contribution in [1.29, 1.82) is 0 Å². The molecule has 1 aliphatic carbocycles. The lowest BCUT2D eigenvalue weighted by Gasteiger charge is -2.14. The summed E-state index contributed by atoms with van der Waals surface area (Å²) in [5.74, 6) is 1.53. The Morgan fingerprint density at radius 1 is 1.09 bits per heavy atom. The number of anilines is 1. The lowest BCUT2D eigenvalue weighted by atomic mass is 10.1. The first-order chi connectivity index (χ1) is 16.7. The van der Waals surface area contributed by atoms with Crippen molar-refractivity contribution in [3.05, 3.63) is 78.1 Å². The van der Waals surface area contributed by atoms with Crippen LogP contribution >= 0.6 is 0 Å². The summed E-state index contributed by atoms with van der Waals surface area (Å²) in [6.45, 7) is 2.69. The molecule has 2 heterocycles. The summed E-state index contributed by atoms with van der Waals surface area (Å²) in [5, 5.41) is 15.0. The third kappa shape index (κ3) is 4.88. The summed E-state index contributed by atoms with van der Waals surface area (Å²) in [7, 11) is 0. The maximum absolute atomic E-state index is 13.0. The fourth-order valence-electron chi connectivity index (χ4n) is 3.57. The molecule has 1 saturated carbocycles. The number of pyridine rings is 1. The minimum Gasteiger partial charge on any atom is -0.490 e. The number of hydrogen-bond acceptors (Lipinski definition) is 7. The Morgan fingerprint density at radius 3 is 2.79 bits per heavy atom. The Kier molecular flexibility index (Phi) is 6.15. The van der Waals surface area contributed by atoms with E-state index in [9.17, 15) is 4.79 Å². The number of nitrogens with one attached hydrogen (secondary N) is 1. The second-order valence-corrected chi connectivity index (χ2v) is 7.96. The van der Waals surface area contributed by atoms with Gasteiger partial charge in [0.1, 0.15) is 6.61 Å². The zero-order chi connectivity index (χ0) is 23.3. The van der Waals surface area contributed by atoms with Crippen molar-refractivity contribution < 1.29 is 14.3 Å².